The lowest BCUT2D eigenvalue weighted by Gasteiger charge is -2.14. The zero-order valence-electron chi connectivity index (χ0n) is 12.2. The lowest BCUT2D eigenvalue weighted by Crippen LogP contribution is -2.11. The van der Waals surface area contributed by atoms with Crippen molar-refractivity contribution in [2.75, 3.05) is 0 Å². The third-order valence-corrected chi connectivity index (χ3v) is 5.01. The third-order valence-electron chi connectivity index (χ3n) is 3.86. The smallest absolute Gasteiger partial charge is 0.348 e. The van der Waals surface area contributed by atoms with Crippen LogP contribution in [0.2, 0.25) is 0 Å². The SMILES string of the molecule is N#Cc1cc(-c2cc(F)c(C(=O)O)s2)ccc1OC1CCCC1. The van der Waals surface area contributed by atoms with E-state index in [1.807, 2.05) is 0 Å². The summed E-state index contributed by atoms with van der Waals surface area (Å²) < 4.78 is 19.5. The second-order valence-electron chi connectivity index (χ2n) is 5.44. The number of carboxylic acid groups (broad SMARTS) is 1. The molecule has 2 aromatic rings. The van der Waals surface area contributed by atoms with Crippen molar-refractivity contribution in [1.82, 2.24) is 0 Å². The largest absolute Gasteiger partial charge is 0.489 e. The average molecular weight is 331 g/mol. The molecule has 1 fully saturated rings. The summed E-state index contributed by atoms with van der Waals surface area (Å²) in [6.07, 6.45) is 4.40. The van der Waals surface area contributed by atoms with E-state index in [4.69, 9.17) is 9.84 Å². The molecule has 4 nitrogen and oxygen atoms in total. The van der Waals surface area contributed by atoms with E-state index in [0.29, 0.717) is 21.8 Å². The predicted molar refractivity (Wildman–Crippen MR) is 84.3 cm³/mol. The van der Waals surface area contributed by atoms with Crippen LogP contribution in [0.25, 0.3) is 10.4 Å². The molecular weight excluding hydrogens is 317 g/mol. The highest BCUT2D eigenvalue weighted by molar-refractivity contribution is 7.17. The van der Waals surface area contributed by atoms with Gasteiger partial charge < -0.3 is 9.84 Å². The Morgan fingerprint density at radius 1 is 1.35 bits per heavy atom. The first-order valence-corrected chi connectivity index (χ1v) is 8.14. The number of halogens is 1. The van der Waals surface area contributed by atoms with Gasteiger partial charge in [0.2, 0.25) is 0 Å². The molecule has 0 aliphatic heterocycles. The lowest BCUT2D eigenvalue weighted by atomic mass is 10.1. The summed E-state index contributed by atoms with van der Waals surface area (Å²) in [5.41, 5.74) is 0.983. The molecule has 1 aliphatic carbocycles. The van der Waals surface area contributed by atoms with E-state index in [1.54, 1.807) is 18.2 Å². The third kappa shape index (κ3) is 3.20. The molecule has 0 atom stereocenters. The van der Waals surface area contributed by atoms with Crippen LogP contribution in [-0.4, -0.2) is 17.2 Å². The number of hydrogen-bond donors (Lipinski definition) is 1. The first kappa shape index (κ1) is 15.5. The Hall–Kier alpha value is -2.39. The van der Waals surface area contributed by atoms with Crippen LogP contribution in [0.4, 0.5) is 4.39 Å². The van der Waals surface area contributed by atoms with Crippen LogP contribution in [0.15, 0.2) is 24.3 Å². The van der Waals surface area contributed by atoms with Crippen LogP contribution in [-0.2, 0) is 0 Å². The number of benzene rings is 1. The number of nitrogens with zero attached hydrogens (tertiary/aromatic N) is 1. The normalized spacial score (nSPS) is 14.6. The summed E-state index contributed by atoms with van der Waals surface area (Å²) in [5, 5.41) is 18.2. The van der Waals surface area contributed by atoms with Gasteiger partial charge in [0.25, 0.3) is 0 Å². The second-order valence-corrected chi connectivity index (χ2v) is 6.49. The minimum absolute atomic E-state index is 0.144. The van der Waals surface area contributed by atoms with Gasteiger partial charge in [-0.3, -0.25) is 0 Å². The molecule has 0 radical (unpaired) electrons. The highest BCUT2D eigenvalue weighted by Gasteiger charge is 2.20. The van der Waals surface area contributed by atoms with Crippen molar-refractivity contribution < 1.29 is 19.0 Å². The number of nitriles is 1. The van der Waals surface area contributed by atoms with Gasteiger partial charge in [0.05, 0.1) is 11.7 Å². The predicted octanol–water partition coefficient (Wildman–Crippen LogP) is 4.45. The standard InChI is InChI=1S/C17H14FNO3S/c18-13-8-15(23-16(13)17(20)21)10-5-6-14(11(7-10)9-19)22-12-3-1-2-4-12/h5-8,12H,1-4H2,(H,20,21). The van der Waals surface area contributed by atoms with Crippen molar-refractivity contribution in [3.63, 3.8) is 0 Å². The number of hydrogen-bond acceptors (Lipinski definition) is 4. The number of carboxylic acids is 1. The van der Waals surface area contributed by atoms with Gasteiger partial charge in [0.1, 0.15) is 22.5 Å². The zero-order valence-corrected chi connectivity index (χ0v) is 13.0. The van der Waals surface area contributed by atoms with Crippen molar-refractivity contribution in [3.8, 4) is 22.3 Å². The lowest BCUT2D eigenvalue weighted by molar-refractivity contribution is 0.0697. The van der Waals surface area contributed by atoms with E-state index in [-0.39, 0.29) is 11.0 Å². The second kappa shape index (κ2) is 6.39. The highest BCUT2D eigenvalue weighted by atomic mass is 32.1. The van der Waals surface area contributed by atoms with Crippen LogP contribution >= 0.6 is 11.3 Å². The van der Waals surface area contributed by atoms with Crippen molar-refractivity contribution in [1.29, 1.82) is 5.26 Å². The van der Waals surface area contributed by atoms with Crippen molar-refractivity contribution in [2.45, 2.75) is 31.8 Å². The van der Waals surface area contributed by atoms with Gasteiger partial charge in [0, 0.05) is 4.88 Å². The minimum atomic E-state index is -1.29. The van der Waals surface area contributed by atoms with Crippen molar-refractivity contribution >= 4 is 17.3 Å². The van der Waals surface area contributed by atoms with Crippen molar-refractivity contribution in [2.24, 2.45) is 0 Å². The van der Waals surface area contributed by atoms with Gasteiger partial charge >= 0.3 is 5.97 Å². The molecule has 1 aliphatic rings. The summed E-state index contributed by atoms with van der Waals surface area (Å²) in [5.74, 6) is -1.53. The Balaban J connectivity index is 1.91. The van der Waals surface area contributed by atoms with E-state index in [0.717, 1.165) is 37.0 Å². The Bertz CT molecular complexity index is 788. The van der Waals surface area contributed by atoms with Gasteiger partial charge in [-0.2, -0.15) is 5.26 Å². The topological polar surface area (TPSA) is 70.3 Å². The number of aromatic carboxylic acids is 1. The quantitative estimate of drug-likeness (QED) is 0.899. The Labute approximate surface area is 136 Å². The Kier molecular flexibility index (Phi) is 4.30. The molecule has 1 saturated carbocycles. The van der Waals surface area contributed by atoms with Gasteiger partial charge in [-0.05, 0) is 55.5 Å². The molecule has 0 bridgehead atoms. The maximum absolute atomic E-state index is 13.6. The highest BCUT2D eigenvalue weighted by Crippen LogP contribution is 2.34. The Morgan fingerprint density at radius 2 is 2.09 bits per heavy atom. The van der Waals surface area contributed by atoms with E-state index >= 15 is 0 Å². The molecule has 0 spiro atoms. The first-order chi connectivity index (χ1) is 11.1. The van der Waals surface area contributed by atoms with Crippen LogP contribution in [0.3, 0.4) is 0 Å². The molecule has 1 N–H and O–H groups in total. The molecule has 1 heterocycles. The number of rotatable bonds is 4. The number of thiophene rings is 1. The fraction of sp³-hybridized carbons (Fsp3) is 0.294. The monoisotopic (exact) mass is 331 g/mol. The molecule has 1 aromatic heterocycles. The molecule has 0 saturated heterocycles. The van der Waals surface area contributed by atoms with Gasteiger partial charge in [-0.1, -0.05) is 0 Å². The maximum atomic E-state index is 13.6. The molecule has 3 rings (SSSR count). The van der Waals surface area contributed by atoms with Crippen LogP contribution in [0.1, 0.15) is 40.9 Å². The fourth-order valence-corrected chi connectivity index (χ4v) is 3.59. The first-order valence-electron chi connectivity index (χ1n) is 7.32. The average Bonchev–Trinajstić information content (AvgIpc) is 3.17. The van der Waals surface area contributed by atoms with Crippen LogP contribution < -0.4 is 4.74 Å². The number of carbonyl (C=O) groups is 1. The van der Waals surface area contributed by atoms with E-state index in [9.17, 15) is 14.4 Å². The maximum Gasteiger partial charge on any atom is 0.348 e. The van der Waals surface area contributed by atoms with Gasteiger partial charge in [0.15, 0.2) is 0 Å². The Morgan fingerprint density at radius 3 is 2.70 bits per heavy atom. The molecule has 23 heavy (non-hydrogen) atoms. The van der Waals surface area contributed by atoms with E-state index < -0.39 is 11.8 Å². The number of ether oxygens (including phenoxy) is 1. The molecule has 118 valence electrons. The van der Waals surface area contributed by atoms with Gasteiger partial charge in [-0.25, -0.2) is 9.18 Å². The zero-order chi connectivity index (χ0) is 16.4. The summed E-state index contributed by atoms with van der Waals surface area (Å²) in [6, 6.07) is 8.31. The molecule has 1 aromatic carbocycles. The van der Waals surface area contributed by atoms with E-state index in [1.165, 1.54) is 6.07 Å². The molecular formula is C17H14FNO3S. The van der Waals surface area contributed by atoms with Crippen LogP contribution in [0.5, 0.6) is 5.75 Å². The molecule has 6 heteroatoms. The van der Waals surface area contributed by atoms with Crippen LogP contribution in [0, 0.1) is 17.1 Å². The summed E-state index contributed by atoms with van der Waals surface area (Å²) in [7, 11) is 0. The molecule has 0 amide bonds. The summed E-state index contributed by atoms with van der Waals surface area (Å²) >= 11 is 0.854. The summed E-state index contributed by atoms with van der Waals surface area (Å²) in [6.45, 7) is 0. The minimum Gasteiger partial charge on any atom is -0.489 e. The summed E-state index contributed by atoms with van der Waals surface area (Å²) in [4.78, 5) is 11.1. The van der Waals surface area contributed by atoms with Crippen molar-refractivity contribution in [3.05, 3.63) is 40.5 Å². The molecule has 0 unspecified atom stereocenters. The van der Waals surface area contributed by atoms with Gasteiger partial charge in [-0.15, -0.1) is 11.3 Å². The van der Waals surface area contributed by atoms with E-state index in [2.05, 4.69) is 6.07 Å². The fourth-order valence-electron chi connectivity index (χ4n) is 2.72.